The van der Waals surface area contributed by atoms with Crippen molar-refractivity contribution in [1.82, 2.24) is 9.55 Å². The Hall–Kier alpha value is -3.41. The Morgan fingerprint density at radius 2 is 1.54 bits per heavy atom. The summed E-state index contributed by atoms with van der Waals surface area (Å²) in [4.78, 5) is 28.6. The monoisotopic (exact) mass is 378 g/mol. The summed E-state index contributed by atoms with van der Waals surface area (Å²) in [7, 11) is 2.85. The molecule has 0 aliphatic carbocycles. The van der Waals surface area contributed by atoms with Crippen LogP contribution in [0.4, 0.5) is 0 Å². The lowest BCUT2D eigenvalue weighted by molar-refractivity contribution is 0.0685. The molecule has 6 heteroatoms. The smallest absolute Gasteiger partial charge is 0.358 e. The predicted octanol–water partition coefficient (Wildman–Crippen LogP) is 3.42. The molecule has 0 aliphatic heterocycles. The van der Waals surface area contributed by atoms with Crippen LogP contribution >= 0.6 is 0 Å². The number of nitrogens with zero attached hydrogens (tertiary/aromatic N) is 2. The van der Waals surface area contributed by atoms with E-state index in [-0.39, 0.29) is 23.3 Å². The lowest BCUT2D eigenvalue weighted by atomic mass is 9.81. The van der Waals surface area contributed by atoms with Gasteiger partial charge in [-0.2, -0.15) is 0 Å². The molecule has 6 nitrogen and oxygen atoms in total. The Balaban J connectivity index is 2.21. The molecule has 0 saturated heterocycles. The zero-order chi connectivity index (χ0) is 20.3. The van der Waals surface area contributed by atoms with Crippen molar-refractivity contribution in [3.05, 3.63) is 93.7 Å². The van der Waals surface area contributed by atoms with Crippen LogP contribution in [0, 0.1) is 0 Å². The molecule has 2 aromatic carbocycles. The molecule has 1 aromatic heterocycles. The first-order chi connectivity index (χ1) is 13.5. The number of carbonyl (C=O) groups is 1. The fourth-order valence-corrected chi connectivity index (χ4v) is 3.57. The molecule has 28 heavy (non-hydrogen) atoms. The van der Waals surface area contributed by atoms with Crippen LogP contribution in [0.3, 0.4) is 0 Å². The van der Waals surface area contributed by atoms with Crippen molar-refractivity contribution in [2.45, 2.75) is 18.8 Å². The number of rotatable bonds is 6. The second kappa shape index (κ2) is 8.08. The first kappa shape index (κ1) is 19.4. The maximum atomic E-state index is 12.7. The maximum Gasteiger partial charge on any atom is 0.358 e. The van der Waals surface area contributed by atoms with Crippen molar-refractivity contribution >= 4 is 5.97 Å². The molecule has 0 aliphatic rings. The third-order valence-corrected chi connectivity index (χ3v) is 4.92. The lowest BCUT2D eigenvalue weighted by Crippen LogP contribution is -2.29. The molecule has 0 radical (unpaired) electrons. The fourth-order valence-electron chi connectivity index (χ4n) is 3.57. The summed E-state index contributed by atoms with van der Waals surface area (Å²) in [5.41, 5.74) is 1.23. The zero-order valence-corrected chi connectivity index (χ0v) is 16.0. The summed E-state index contributed by atoms with van der Waals surface area (Å²) in [5.74, 6) is -1.52. The summed E-state index contributed by atoms with van der Waals surface area (Å²) in [6.07, 6.45) is 0. The lowest BCUT2D eigenvalue weighted by Gasteiger charge is -2.26. The highest BCUT2D eigenvalue weighted by molar-refractivity contribution is 5.88. The Bertz CT molecular complexity index is 990. The molecular formula is C22H22N2O4. The number of hydrogen-bond donors (Lipinski definition) is 1. The Morgan fingerprint density at radius 3 is 1.96 bits per heavy atom. The third kappa shape index (κ3) is 3.53. The molecular weight excluding hydrogens is 356 g/mol. The first-order valence-corrected chi connectivity index (χ1v) is 8.93. The SMILES string of the molecule is COc1c(C(=O)O)nc(C(C)C(c2ccccc2)c2ccccc2)n(C)c1=O. The van der Waals surface area contributed by atoms with E-state index >= 15 is 0 Å². The number of ether oxygens (including phenoxy) is 1. The van der Waals surface area contributed by atoms with E-state index in [0.29, 0.717) is 5.82 Å². The third-order valence-electron chi connectivity index (χ3n) is 4.92. The summed E-state index contributed by atoms with van der Waals surface area (Å²) in [6.45, 7) is 1.95. The molecule has 1 heterocycles. The van der Waals surface area contributed by atoms with Crippen LogP contribution in [-0.4, -0.2) is 27.7 Å². The molecule has 0 spiro atoms. The van der Waals surface area contributed by atoms with Gasteiger partial charge in [0.05, 0.1) is 7.11 Å². The van der Waals surface area contributed by atoms with E-state index in [2.05, 4.69) is 4.98 Å². The van der Waals surface area contributed by atoms with Gasteiger partial charge in [-0.15, -0.1) is 0 Å². The summed E-state index contributed by atoms with van der Waals surface area (Å²) in [6, 6.07) is 19.8. The van der Waals surface area contributed by atoms with Gasteiger partial charge in [-0.1, -0.05) is 67.6 Å². The molecule has 0 bridgehead atoms. The van der Waals surface area contributed by atoms with Gasteiger partial charge in [0, 0.05) is 18.9 Å². The average Bonchev–Trinajstić information content (AvgIpc) is 2.71. The largest absolute Gasteiger partial charge is 0.489 e. The first-order valence-electron chi connectivity index (χ1n) is 8.93. The van der Waals surface area contributed by atoms with Crippen LogP contribution in [0.2, 0.25) is 0 Å². The van der Waals surface area contributed by atoms with Gasteiger partial charge in [-0.25, -0.2) is 9.78 Å². The molecule has 0 amide bonds. The van der Waals surface area contributed by atoms with Crippen LogP contribution < -0.4 is 10.3 Å². The minimum atomic E-state index is -1.29. The van der Waals surface area contributed by atoms with Gasteiger partial charge in [0.25, 0.3) is 5.56 Å². The van der Waals surface area contributed by atoms with Crippen molar-refractivity contribution in [1.29, 1.82) is 0 Å². The van der Waals surface area contributed by atoms with Gasteiger partial charge in [0.2, 0.25) is 5.75 Å². The van der Waals surface area contributed by atoms with Crippen LogP contribution in [-0.2, 0) is 7.05 Å². The number of aromatic nitrogens is 2. The van der Waals surface area contributed by atoms with E-state index in [9.17, 15) is 14.7 Å². The molecule has 3 aromatic rings. The number of aromatic carboxylic acids is 1. The quantitative estimate of drug-likeness (QED) is 0.711. The zero-order valence-electron chi connectivity index (χ0n) is 16.0. The van der Waals surface area contributed by atoms with Crippen LogP contribution in [0.15, 0.2) is 65.5 Å². The maximum absolute atomic E-state index is 12.7. The summed E-state index contributed by atoms with van der Waals surface area (Å²) in [5, 5.41) is 9.50. The standard InChI is InChI=1S/C22H22N2O4/c1-14(20-23-18(22(26)27)19(28-3)21(25)24(20)2)17(15-10-6-4-7-11-15)16-12-8-5-9-13-16/h4-14,17H,1-3H3,(H,26,27). The van der Waals surface area contributed by atoms with E-state index in [4.69, 9.17) is 4.74 Å². The molecule has 3 rings (SSSR count). The number of hydrogen-bond acceptors (Lipinski definition) is 4. The van der Waals surface area contributed by atoms with Gasteiger partial charge in [-0.3, -0.25) is 9.36 Å². The van der Waals surface area contributed by atoms with Crippen LogP contribution in [0.5, 0.6) is 5.75 Å². The van der Waals surface area contributed by atoms with Crippen LogP contribution in [0.25, 0.3) is 0 Å². The predicted molar refractivity (Wildman–Crippen MR) is 106 cm³/mol. The molecule has 0 fully saturated rings. The second-order valence-corrected chi connectivity index (χ2v) is 6.61. The molecule has 1 atom stereocenters. The second-order valence-electron chi connectivity index (χ2n) is 6.61. The van der Waals surface area contributed by atoms with Gasteiger partial charge >= 0.3 is 5.97 Å². The average molecular weight is 378 g/mol. The van der Waals surface area contributed by atoms with Crippen molar-refractivity contribution < 1.29 is 14.6 Å². The Labute approximate surface area is 163 Å². The highest BCUT2D eigenvalue weighted by Crippen LogP contribution is 2.37. The molecule has 1 unspecified atom stereocenters. The molecule has 0 saturated carbocycles. The number of carboxylic acids is 1. The van der Waals surface area contributed by atoms with E-state index in [0.717, 1.165) is 11.1 Å². The Morgan fingerprint density at radius 1 is 1.04 bits per heavy atom. The fraction of sp³-hybridized carbons (Fsp3) is 0.227. The summed E-state index contributed by atoms with van der Waals surface area (Å²) >= 11 is 0. The topological polar surface area (TPSA) is 81.4 Å². The van der Waals surface area contributed by atoms with Gasteiger partial charge < -0.3 is 9.84 Å². The Kier molecular flexibility index (Phi) is 5.59. The number of benzene rings is 2. The van der Waals surface area contributed by atoms with Crippen molar-refractivity contribution in [2.75, 3.05) is 7.11 Å². The van der Waals surface area contributed by atoms with E-state index in [1.807, 2.05) is 67.6 Å². The number of carboxylic acid groups (broad SMARTS) is 1. The van der Waals surface area contributed by atoms with Crippen molar-refractivity contribution in [3.63, 3.8) is 0 Å². The summed E-state index contributed by atoms with van der Waals surface area (Å²) < 4.78 is 6.38. The van der Waals surface area contributed by atoms with E-state index in [1.54, 1.807) is 7.05 Å². The normalized spacial score (nSPS) is 12.0. The van der Waals surface area contributed by atoms with Crippen molar-refractivity contribution in [3.8, 4) is 5.75 Å². The van der Waals surface area contributed by atoms with Crippen LogP contribution in [0.1, 0.15) is 46.2 Å². The molecule has 144 valence electrons. The molecule has 1 N–H and O–H groups in total. The van der Waals surface area contributed by atoms with E-state index < -0.39 is 11.5 Å². The van der Waals surface area contributed by atoms with Crippen molar-refractivity contribution in [2.24, 2.45) is 7.05 Å². The highest BCUT2D eigenvalue weighted by atomic mass is 16.5. The van der Waals surface area contributed by atoms with E-state index in [1.165, 1.54) is 11.7 Å². The van der Waals surface area contributed by atoms with Gasteiger partial charge in [0.15, 0.2) is 5.69 Å². The van der Waals surface area contributed by atoms with Gasteiger partial charge in [0.1, 0.15) is 5.82 Å². The van der Waals surface area contributed by atoms with Gasteiger partial charge in [-0.05, 0) is 11.1 Å². The number of methoxy groups -OCH3 is 1. The highest BCUT2D eigenvalue weighted by Gasteiger charge is 2.29. The minimum Gasteiger partial charge on any atom is -0.489 e. The minimum absolute atomic E-state index is 0.101.